The first kappa shape index (κ1) is 16.8. The van der Waals surface area contributed by atoms with Gasteiger partial charge in [-0.15, -0.1) is 0 Å². The minimum absolute atomic E-state index is 0.0404. The van der Waals surface area contributed by atoms with E-state index in [1.165, 1.54) is 32.1 Å². The summed E-state index contributed by atoms with van der Waals surface area (Å²) in [5.41, 5.74) is 6.13. The third-order valence-corrected chi connectivity index (χ3v) is 5.90. The largest absolute Gasteiger partial charge is 0.352 e. The Morgan fingerprint density at radius 3 is 2.38 bits per heavy atom. The third kappa shape index (κ3) is 4.19. The third-order valence-electron chi connectivity index (χ3n) is 5.90. The molecule has 2 saturated carbocycles. The summed E-state index contributed by atoms with van der Waals surface area (Å²) in [7, 11) is 2.08. The van der Waals surface area contributed by atoms with E-state index in [2.05, 4.69) is 24.2 Å². The minimum Gasteiger partial charge on any atom is -0.352 e. The summed E-state index contributed by atoms with van der Waals surface area (Å²) < 4.78 is 0. The van der Waals surface area contributed by atoms with Crippen LogP contribution in [0.3, 0.4) is 0 Å². The molecule has 0 aromatic heterocycles. The summed E-state index contributed by atoms with van der Waals surface area (Å²) in [5.74, 6) is 1.03. The van der Waals surface area contributed by atoms with Gasteiger partial charge in [0.1, 0.15) is 0 Å². The predicted octanol–water partition coefficient (Wildman–Crippen LogP) is 2.27. The molecule has 0 bridgehead atoms. The molecule has 3 N–H and O–H groups in total. The summed E-state index contributed by atoms with van der Waals surface area (Å²) in [6.07, 6.45) is 10.9. The van der Waals surface area contributed by atoms with E-state index in [1.54, 1.807) is 0 Å². The van der Waals surface area contributed by atoms with Crippen molar-refractivity contribution in [1.29, 1.82) is 0 Å². The van der Waals surface area contributed by atoms with E-state index in [4.69, 9.17) is 5.73 Å². The maximum absolute atomic E-state index is 12.2. The van der Waals surface area contributed by atoms with Crippen molar-refractivity contribution in [1.82, 2.24) is 10.2 Å². The number of amides is 1. The van der Waals surface area contributed by atoms with Gasteiger partial charge in [-0.2, -0.15) is 0 Å². The van der Waals surface area contributed by atoms with E-state index < -0.39 is 0 Å². The smallest absolute Gasteiger partial charge is 0.234 e. The highest BCUT2D eigenvalue weighted by Gasteiger charge is 2.37. The molecule has 21 heavy (non-hydrogen) atoms. The van der Waals surface area contributed by atoms with E-state index >= 15 is 0 Å². The van der Waals surface area contributed by atoms with Crippen LogP contribution in [0.2, 0.25) is 0 Å². The van der Waals surface area contributed by atoms with E-state index in [0.29, 0.717) is 19.1 Å². The standard InChI is InChI=1S/C17H33N3O/c1-3-14-8-10-17(13-18,11-9-14)20(2)12-16(21)19-15-6-4-5-7-15/h14-15H,3-13,18H2,1-2H3,(H,19,21). The van der Waals surface area contributed by atoms with Gasteiger partial charge in [0.25, 0.3) is 0 Å². The molecule has 4 heteroatoms. The molecule has 0 spiro atoms. The van der Waals surface area contributed by atoms with Crippen LogP contribution in [0.15, 0.2) is 0 Å². The number of likely N-dealkylation sites (N-methyl/N-ethyl adjacent to an activating group) is 1. The Hall–Kier alpha value is -0.610. The summed E-state index contributed by atoms with van der Waals surface area (Å²) in [6, 6.07) is 0.413. The summed E-state index contributed by atoms with van der Waals surface area (Å²) in [4.78, 5) is 14.5. The van der Waals surface area contributed by atoms with Crippen molar-refractivity contribution in [3.05, 3.63) is 0 Å². The van der Waals surface area contributed by atoms with Crippen LogP contribution >= 0.6 is 0 Å². The van der Waals surface area contributed by atoms with Crippen molar-refractivity contribution < 1.29 is 4.79 Å². The molecule has 0 aliphatic heterocycles. The van der Waals surface area contributed by atoms with E-state index in [0.717, 1.165) is 31.6 Å². The number of carbonyl (C=O) groups is 1. The number of nitrogens with two attached hydrogens (primary N) is 1. The fourth-order valence-corrected chi connectivity index (χ4v) is 4.09. The van der Waals surface area contributed by atoms with Crippen molar-refractivity contribution in [2.75, 3.05) is 20.1 Å². The lowest BCUT2D eigenvalue weighted by Crippen LogP contribution is -2.56. The minimum atomic E-state index is 0.0404. The molecular formula is C17H33N3O. The van der Waals surface area contributed by atoms with Crippen molar-refractivity contribution >= 4 is 5.91 Å². The van der Waals surface area contributed by atoms with Crippen LogP contribution in [0.4, 0.5) is 0 Å². The predicted molar refractivity (Wildman–Crippen MR) is 87.1 cm³/mol. The lowest BCUT2D eigenvalue weighted by molar-refractivity contribution is -0.124. The molecule has 1 amide bonds. The van der Waals surface area contributed by atoms with Crippen molar-refractivity contribution in [2.45, 2.75) is 76.3 Å². The molecule has 0 aromatic carbocycles. The SMILES string of the molecule is CCC1CCC(CN)(N(C)CC(=O)NC2CCCC2)CC1. The highest BCUT2D eigenvalue weighted by Crippen LogP contribution is 2.36. The monoisotopic (exact) mass is 295 g/mol. The average Bonchev–Trinajstić information content (AvgIpc) is 2.99. The topological polar surface area (TPSA) is 58.4 Å². The molecule has 2 rings (SSSR count). The molecule has 4 nitrogen and oxygen atoms in total. The number of nitrogens with one attached hydrogen (secondary N) is 1. The summed E-state index contributed by atoms with van der Waals surface area (Å²) in [5, 5.41) is 3.19. The summed E-state index contributed by atoms with van der Waals surface area (Å²) in [6.45, 7) is 3.43. The van der Waals surface area contributed by atoms with Crippen LogP contribution < -0.4 is 11.1 Å². The second kappa shape index (κ2) is 7.59. The van der Waals surface area contributed by atoms with Gasteiger partial charge in [-0.25, -0.2) is 0 Å². The average molecular weight is 295 g/mol. The number of nitrogens with zero attached hydrogens (tertiary/aromatic N) is 1. The number of hydrogen-bond donors (Lipinski definition) is 2. The van der Waals surface area contributed by atoms with Crippen molar-refractivity contribution in [3.8, 4) is 0 Å². The van der Waals surface area contributed by atoms with Crippen LogP contribution in [-0.4, -0.2) is 42.5 Å². The first-order valence-corrected chi connectivity index (χ1v) is 8.80. The fraction of sp³-hybridized carbons (Fsp3) is 0.941. The van der Waals surface area contributed by atoms with Crippen molar-refractivity contribution in [2.24, 2.45) is 11.7 Å². The van der Waals surface area contributed by atoms with Gasteiger partial charge >= 0.3 is 0 Å². The van der Waals surface area contributed by atoms with Crippen LogP contribution in [-0.2, 0) is 4.79 Å². The van der Waals surface area contributed by atoms with Gasteiger partial charge in [0, 0.05) is 18.1 Å². The van der Waals surface area contributed by atoms with E-state index in [1.807, 2.05) is 0 Å². The van der Waals surface area contributed by atoms with Gasteiger partial charge < -0.3 is 11.1 Å². The Morgan fingerprint density at radius 1 is 1.24 bits per heavy atom. The molecule has 122 valence electrons. The van der Waals surface area contributed by atoms with Gasteiger partial charge in [-0.05, 0) is 51.5 Å². The van der Waals surface area contributed by atoms with E-state index in [-0.39, 0.29) is 11.4 Å². The Bertz CT molecular complexity index is 331. The first-order valence-electron chi connectivity index (χ1n) is 8.80. The molecule has 0 saturated heterocycles. The second-order valence-corrected chi connectivity index (χ2v) is 7.19. The zero-order chi connectivity index (χ0) is 15.3. The Kier molecular flexibility index (Phi) is 6.06. The highest BCUT2D eigenvalue weighted by atomic mass is 16.2. The quantitative estimate of drug-likeness (QED) is 0.790. The maximum Gasteiger partial charge on any atom is 0.234 e. The van der Waals surface area contributed by atoms with Gasteiger partial charge in [0.05, 0.1) is 6.54 Å². The fourth-order valence-electron chi connectivity index (χ4n) is 4.09. The maximum atomic E-state index is 12.2. The second-order valence-electron chi connectivity index (χ2n) is 7.19. The van der Waals surface area contributed by atoms with Gasteiger partial charge in [0.2, 0.25) is 5.91 Å². The van der Waals surface area contributed by atoms with Gasteiger partial charge in [0.15, 0.2) is 0 Å². The Balaban J connectivity index is 1.84. The summed E-state index contributed by atoms with van der Waals surface area (Å²) >= 11 is 0. The lowest BCUT2D eigenvalue weighted by atomic mass is 9.74. The van der Waals surface area contributed by atoms with Crippen LogP contribution in [0, 0.1) is 5.92 Å². The van der Waals surface area contributed by atoms with Gasteiger partial charge in [-0.1, -0.05) is 26.2 Å². The Labute approximate surface area is 129 Å². The molecule has 0 unspecified atom stereocenters. The zero-order valence-corrected chi connectivity index (χ0v) is 13.9. The van der Waals surface area contributed by atoms with Crippen LogP contribution in [0.25, 0.3) is 0 Å². The first-order chi connectivity index (χ1) is 10.1. The molecule has 2 aliphatic carbocycles. The Morgan fingerprint density at radius 2 is 1.86 bits per heavy atom. The van der Waals surface area contributed by atoms with Crippen LogP contribution in [0.5, 0.6) is 0 Å². The normalized spacial score (nSPS) is 30.8. The molecule has 2 fully saturated rings. The molecule has 0 radical (unpaired) electrons. The number of rotatable bonds is 6. The van der Waals surface area contributed by atoms with Crippen molar-refractivity contribution in [3.63, 3.8) is 0 Å². The lowest BCUT2D eigenvalue weighted by Gasteiger charge is -2.45. The highest BCUT2D eigenvalue weighted by molar-refractivity contribution is 5.78. The number of hydrogen-bond acceptors (Lipinski definition) is 3. The molecular weight excluding hydrogens is 262 g/mol. The molecule has 0 aromatic rings. The number of carbonyl (C=O) groups excluding carboxylic acids is 1. The molecule has 0 heterocycles. The molecule has 2 aliphatic rings. The zero-order valence-electron chi connectivity index (χ0n) is 13.9. The van der Waals surface area contributed by atoms with Gasteiger partial charge in [-0.3, -0.25) is 9.69 Å². The van der Waals surface area contributed by atoms with Crippen LogP contribution in [0.1, 0.15) is 64.7 Å². The molecule has 0 atom stereocenters. The van der Waals surface area contributed by atoms with E-state index in [9.17, 15) is 4.79 Å².